The molecule has 38 heavy (non-hydrogen) atoms. The predicted molar refractivity (Wildman–Crippen MR) is 140 cm³/mol. The highest BCUT2D eigenvalue weighted by Gasteiger charge is 2.51. The van der Waals surface area contributed by atoms with Crippen molar-refractivity contribution in [3.05, 3.63) is 83.5 Å². The number of nitrogens with one attached hydrogen (secondary N) is 1. The number of aldehydes is 1. The maximum absolute atomic E-state index is 13.4. The second-order valence-electron chi connectivity index (χ2n) is 9.24. The summed E-state index contributed by atoms with van der Waals surface area (Å²) in [6.07, 6.45) is 2.46. The van der Waals surface area contributed by atoms with E-state index in [9.17, 15) is 24.6 Å². The number of allylic oxidation sites excluding steroid dienone is 1. The fourth-order valence-corrected chi connectivity index (χ4v) is 5.07. The summed E-state index contributed by atoms with van der Waals surface area (Å²) in [5, 5.41) is 23.6. The van der Waals surface area contributed by atoms with Crippen molar-refractivity contribution in [2.24, 2.45) is 0 Å². The largest absolute Gasteiger partial charge is 0.493 e. The van der Waals surface area contributed by atoms with Crippen LogP contribution in [0.2, 0.25) is 0 Å². The van der Waals surface area contributed by atoms with Gasteiger partial charge in [-0.1, -0.05) is 36.4 Å². The number of hydrogen-bond donors (Lipinski definition) is 3. The summed E-state index contributed by atoms with van der Waals surface area (Å²) in [5.74, 6) is -0.747. The van der Waals surface area contributed by atoms with Gasteiger partial charge < -0.3 is 29.9 Å². The summed E-state index contributed by atoms with van der Waals surface area (Å²) < 4.78 is 11.7. The monoisotopic (exact) mass is 520 g/mol. The number of aliphatic hydroxyl groups is 2. The van der Waals surface area contributed by atoms with E-state index in [-0.39, 0.29) is 37.6 Å². The first kappa shape index (κ1) is 27.1. The first-order valence-corrected chi connectivity index (χ1v) is 12.5. The highest BCUT2D eigenvalue weighted by Crippen LogP contribution is 2.51. The third-order valence-electron chi connectivity index (χ3n) is 6.85. The zero-order chi connectivity index (χ0) is 27.2. The Labute approximate surface area is 221 Å². The number of benzene rings is 2. The van der Waals surface area contributed by atoms with Crippen molar-refractivity contribution in [2.75, 3.05) is 20.3 Å². The lowest BCUT2D eigenvalue weighted by atomic mass is 9.77. The second kappa shape index (κ2) is 12.1. The number of fused-ring (bicyclic) bond motifs is 3. The first-order chi connectivity index (χ1) is 18.4. The molecule has 1 aliphatic carbocycles. The van der Waals surface area contributed by atoms with Crippen molar-refractivity contribution in [1.82, 2.24) is 10.2 Å². The van der Waals surface area contributed by atoms with Crippen molar-refractivity contribution in [2.45, 2.75) is 43.6 Å². The van der Waals surface area contributed by atoms with Crippen LogP contribution in [0, 0.1) is 0 Å². The number of methoxy groups -OCH3 is 1. The molecule has 0 spiro atoms. The summed E-state index contributed by atoms with van der Waals surface area (Å²) in [4.78, 5) is 39.9. The summed E-state index contributed by atoms with van der Waals surface area (Å²) in [5.41, 5.74) is 2.01. The van der Waals surface area contributed by atoms with E-state index in [0.717, 1.165) is 5.56 Å². The van der Waals surface area contributed by atoms with Crippen LogP contribution in [0.15, 0.2) is 66.8 Å². The average Bonchev–Trinajstić information content (AvgIpc) is 3.34. The molecule has 0 saturated carbocycles. The van der Waals surface area contributed by atoms with E-state index in [2.05, 4.69) is 11.9 Å². The molecular formula is C29H32N2O7. The molecule has 2 aromatic rings. The third-order valence-corrected chi connectivity index (χ3v) is 6.85. The topological polar surface area (TPSA) is 125 Å². The van der Waals surface area contributed by atoms with Crippen LogP contribution in [0.5, 0.6) is 11.5 Å². The molecule has 0 fully saturated rings. The van der Waals surface area contributed by atoms with Crippen LogP contribution in [-0.4, -0.2) is 71.7 Å². The van der Waals surface area contributed by atoms with Gasteiger partial charge in [0.1, 0.15) is 18.5 Å². The summed E-state index contributed by atoms with van der Waals surface area (Å²) in [7, 11) is 1.44. The van der Waals surface area contributed by atoms with Gasteiger partial charge in [0.25, 0.3) is 0 Å². The van der Waals surface area contributed by atoms with Crippen molar-refractivity contribution in [3.63, 3.8) is 0 Å². The third kappa shape index (κ3) is 5.34. The van der Waals surface area contributed by atoms with Crippen LogP contribution >= 0.6 is 0 Å². The van der Waals surface area contributed by atoms with E-state index in [0.29, 0.717) is 35.3 Å². The molecule has 9 heteroatoms. The average molecular weight is 521 g/mol. The number of rotatable bonds is 11. The Morgan fingerprint density at radius 2 is 2.00 bits per heavy atom. The Hall–Kier alpha value is -3.95. The van der Waals surface area contributed by atoms with Gasteiger partial charge in [0, 0.05) is 36.2 Å². The molecular weight excluding hydrogens is 488 g/mol. The first-order valence-electron chi connectivity index (χ1n) is 12.5. The number of aliphatic hydroxyl groups excluding tert-OH is 2. The Balaban J connectivity index is 1.81. The molecule has 4 rings (SSSR count). The SMILES string of the molecule is C=CCCC(=O)N(Cc1ccccc1)C1C=C(C(=O)NCCO)C2c3cc(C=O)cc(OC)c3OC2C1O. The highest BCUT2D eigenvalue weighted by atomic mass is 16.5. The lowest BCUT2D eigenvalue weighted by Gasteiger charge is -2.40. The van der Waals surface area contributed by atoms with E-state index < -0.39 is 30.1 Å². The number of ether oxygens (including phenoxy) is 2. The van der Waals surface area contributed by atoms with E-state index in [1.165, 1.54) is 13.2 Å². The van der Waals surface area contributed by atoms with E-state index in [4.69, 9.17) is 9.47 Å². The number of amides is 2. The molecule has 0 saturated heterocycles. The number of carbonyl (C=O) groups excluding carboxylic acids is 3. The van der Waals surface area contributed by atoms with Crippen molar-refractivity contribution < 1.29 is 34.1 Å². The molecule has 2 amide bonds. The quantitative estimate of drug-likeness (QED) is 0.306. The van der Waals surface area contributed by atoms with Crippen LogP contribution in [-0.2, 0) is 16.1 Å². The molecule has 200 valence electrons. The Morgan fingerprint density at radius 3 is 2.66 bits per heavy atom. The Morgan fingerprint density at radius 1 is 1.24 bits per heavy atom. The molecule has 9 nitrogen and oxygen atoms in total. The van der Waals surface area contributed by atoms with Crippen molar-refractivity contribution >= 4 is 18.1 Å². The molecule has 0 bridgehead atoms. The van der Waals surface area contributed by atoms with Crippen LogP contribution in [0.3, 0.4) is 0 Å². The summed E-state index contributed by atoms with van der Waals surface area (Å²) in [6, 6.07) is 11.7. The Bertz CT molecular complexity index is 1230. The minimum Gasteiger partial charge on any atom is -0.493 e. The highest BCUT2D eigenvalue weighted by molar-refractivity contribution is 5.96. The normalized spacial score (nSPS) is 21.3. The number of carbonyl (C=O) groups is 3. The zero-order valence-corrected chi connectivity index (χ0v) is 21.2. The van der Waals surface area contributed by atoms with Gasteiger partial charge in [-0.15, -0.1) is 6.58 Å². The minimum atomic E-state index is -1.19. The fourth-order valence-electron chi connectivity index (χ4n) is 5.07. The van der Waals surface area contributed by atoms with Gasteiger partial charge in [0.15, 0.2) is 11.5 Å². The van der Waals surface area contributed by atoms with Gasteiger partial charge in [0.05, 0.1) is 25.7 Å². The maximum Gasteiger partial charge on any atom is 0.247 e. The van der Waals surface area contributed by atoms with E-state index >= 15 is 0 Å². The molecule has 2 aliphatic rings. The van der Waals surface area contributed by atoms with E-state index in [1.807, 2.05) is 30.3 Å². The standard InChI is InChI=1S/C29H32N2O7/c1-3-4-10-24(34)31(16-18-8-6-5-7-9-18)22-15-21(29(36)30-11-12-32)25-20-13-19(17-33)14-23(37-2)27(20)38-28(25)26(22)35/h3,5-9,13-15,17,22,25-26,28,32,35H,1,4,10-12,16H2,2H3,(H,30,36). The molecule has 0 radical (unpaired) electrons. The number of hydrogen-bond acceptors (Lipinski definition) is 7. The molecule has 0 aromatic heterocycles. The van der Waals surface area contributed by atoms with Crippen LogP contribution < -0.4 is 14.8 Å². The number of nitrogens with zero attached hydrogens (tertiary/aromatic N) is 1. The van der Waals surface area contributed by atoms with E-state index in [1.54, 1.807) is 23.1 Å². The van der Waals surface area contributed by atoms with Gasteiger partial charge in [0.2, 0.25) is 11.8 Å². The summed E-state index contributed by atoms with van der Waals surface area (Å²) in [6.45, 7) is 3.69. The molecule has 4 atom stereocenters. The maximum atomic E-state index is 13.4. The Kier molecular flexibility index (Phi) is 8.60. The van der Waals surface area contributed by atoms with Crippen molar-refractivity contribution in [1.29, 1.82) is 0 Å². The van der Waals surface area contributed by atoms with Gasteiger partial charge in [-0.05, 0) is 30.2 Å². The fraction of sp³-hybridized carbons (Fsp3) is 0.345. The van der Waals surface area contributed by atoms with Crippen LogP contribution in [0.4, 0.5) is 0 Å². The lowest BCUT2D eigenvalue weighted by molar-refractivity contribution is -0.138. The predicted octanol–water partition coefficient (Wildman–Crippen LogP) is 2.13. The molecule has 2 aromatic carbocycles. The van der Waals surface area contributed by atoms with Crippen molar-refractivity contribution in [3.8, 4) is 11.5 Å². The van der Waals surface area contributed by atoms with Gasteiger partial charge in [-0.3, -0.25) is 14.4 Å². The second-order valence-corrected chi connectivity index (χ2v) is 9.24. The van der Waals surface area contributed by atoms with Gasteiger partial charge in [-0.2, -0.15) is 0 Å². The van der Waals surface area contributed by atoms with Gasteiger partial charge in [-0.25, -0.2) is 0 Å². The lowest BCUT2D eigenvalue weighted by Crippen LogP contribution is -2.55. The van der Waals surface area contributed by atoms with Crippen LogP contribution in [0.25, 0.3) is 0 Å². The molecule has 1 heterocycles. The summed E-state index contributed by atoms with van der Waals surface area (Å²) >= 11 is 0. The molecule has 3 N–H and O–H groups in total. The smallest absolute Gasteiger partial charge is 0.247 e. The van der Waals surface area contributed by atoms with Gasteiger partial charge >= 0.3 is 0 Å². The molecule has 1 aliphatic heterocycles. The molecule has 4 unspecified atom stereocenters. The zero-order valence-electron chi connectivity index (χ0n) is 21.2. The van der Waals surface area contributed by atoms with Crippen LogP contribution in [0.1, 0.15) is 40.2 Å². The minimum absolute atomic E-state index is 0.0260.